The molecule has 2 atom stereocenters. The Morgan fingerprint density at radius 2 is 1.88 bits per heavy atom. The Bertz CT molecular complexity index is 696. The molecule has 0 unspecified atom stereocenters. The zero-order chi connectivity index (χ0) is 18.5. The van der Waals surface area contributed by atoms with Crippen molar-refractivity contribution in [3.8, 4) is 0 Å². The molecule has 1 amide bonds. The van der Waals surface area contributed by atoms with Crippen molar-refractivity contribution in [2.24, 2.45) is 0 Å². The van der Waals surface area contributed by atoms with Crippen molar-refractivity contribution in [2.45, 2.75) is 32.4 Å². The number of thiophene rings is 1. The van der Waals surface area contributed by atoms with Gasteiger partial charge in [0.2, 0.25) is 5.91 Å². The van der Waals surface area contributed by atoms with E-state index in [-0.39, 0.29) is 23.8 Å². The van der Waals surface area contributed by atoms with E-state index in [1.54, 1.807) is 11.3 Å². The molecule has 3 rings (SSSR count). The second kappa shape index (κ2) is 8.64. The monoisotopic (exact) mass is 375 g/mol. The van der Waals surface area contributed by atoms with Crippen LogP contribution in [0.3, 0.4) is 0 Å². The van der Waals surface area contributed by atoms with E-state index in [1.165, 1.54) is 17.0 Å². The van der Waals surface area contributed by atoms with Gasteiger partial charge in [-0.05, 0) is 42.6 Å². The van der Waals surface area contributed by atoms with Crippen LogP contribution in [-0.4, -0.2) is 43.0 Å². The summed E-state index contributed by atoms with van der Waals surface area (Å²) in [4.78, 5) is 17.9. The van der Waals surface area contributed by atoms with Crippen LogP contribution in [0.2, 0.25) is 0 Å². The van der Waals surface area contributed by atoms with Crippen molar-refractivity contribution in [1.29, 1.82) is 0 Å². The molecule has 0 bridgehead atoms. The van der Waals surface area contributed by atoms with E-state index in [4.69, 9.17) is 0 Å². The Kier molecular flexibility index (Phi) is 6.27. The molecule has 1 aliphatic rings. The first-order valence-corrected chi connectivity index (χ1v) is 10.0. The van der Waals surface area contributed by atoms with Gasteiger partial charge < -0.3 is 10.2 Å². The van der Waals surface area contributed by atoms with E-state index in [0.29, 0.717) is 6.42 Å². The number of anilines is 1. The third kappa shape index (κ3) is 4.43. The smallest absolute Gasteiger partial charge is 0.219 e. The maximum Gasteiger partial charge on any atom is 0.219 e. The van der Waals surface area contributed by atoms with Crippen LogP contribution in [-0.2, 0) is 4.79 Å². The van der Waals surface area contributed by atoms with Gasteiger partial charge in [-0.3, -0.25) is 9.69 Å². The van der Waals surface area contributed by atoms with Gasteiger partial charge in [0.15, 0.2) is 0 Å². The molecule has 1 aromatic heterocycles. The van der Waals surface area contributed by atoms with Crippen LogP contribution in [0.25, 0.3) is 0 Å². The highest BCUT2D eigenvalue weighted by atomic mass is 32.1. The van der Waals surface area contributed by atoms with E-state index < -0.39 is 0 Å². The van der Waals surface area contributed by atoms with Gasteiger partial charge in [-0.25, -0.2) is 4.39 Å². The van der Waals surface area contributed by atoms with Gasteiger partial charge in [0.25, 0.3) is 0 Å². The Balaban J connectivity index is 1.69. The van der Waals surface area contributed by atoms with Gasteiger partial charge in [-0.2, -0.15) is 0 Å². The molecule has 1 aromatic carbocycles. The van der Waals surface area contributed by atoms with Crippen LogP contribution in [0.1, 0.15) is 31.2 Å². The molecule has 0 aliphatic carbocycles. The summed E-state index contributed by atoms with van der Waals surface area (Å²) < 4.78 is 13.1. The number of piperazine rings is 1. The molecule has 0 spiro atoms. The fraction of sp³-hybridized carbons (Fsp3) is 0.450. The number of carbonyl (C=O) groups excluding carboxylic acids is 1. The molecule has 1 saturated heterocycles. The van der Waals surface area contributed by atoms with Crippen LogP contribution < -0.4 is 10.2 Å². The lowest BCUT2D eigenvalue weighted by molar-refractivity contribution is -0.121. The van der Waals surface area contributed by atoms with Crippen LogP contribution in [0.5, 0.6) is 0 Å². The largest absolute Gasteiger partial charge is 0.369 e. The lowest BCUT2D eigenvalue weighted by Crippen LogP contribution is -2.52. The van der Waals surface area contributed by atoms with Gasteiger partial charge in [-0.1, -0.05) is 13.0 Å². The average molecular weight is 376 g/mol. The first-order valence-electron chi connectivity index (χ1n) is 9.16. The summed E-state index contributed by atoms with van der Waals surface area (Å²) in [6.07, 6.45) is 0.500. The van der Waals surface area contributed by atoms with Gasteiger partial charge in [0.1, 0.15) is 5.82 Å². The number of hydrogen-bond acceptors (Lipinski definition) is 4. The minimum Gasteiger partial charge on any atom is -0.369 e. The van der Waals surface area contributed by atoms with E-state index >= 15 is 0 Å². The number of hydrogen-bond donors (Lipinski definition) is 1. The average Bonchev–Trinajstić information content (AvgIpc) is 3.17. The number of halogens is 1. The number of nitrogens with zero attached hydrogens (tertiary/aromatic N) is 2. The van der Waals surface area contributed by atoms with Crippen molar-refractivity contribution < 1.29 is 9.18 Å². The van der Waals surface area contributed by atoms with Crippen molar-refractivity contribution >= 4 is 22.9 Å². The number of nitrogens with one attached hydrogen (secondary N) is 1. The number of benzene rings is 1. The molecule has 1 fully saturated rings. The standard InChI is InChI=1S/C20H26FN3OS/c1-3-19(25)22-15(2)20(18-5-4-14-26-18)24-12-10-23(11-13-24)17-8-6-16(21)7-9-17/h4-9,14-15,20H,3,10-13H2,1-2H3,(H,22,25)/t15-,20+/m0/s1. The quantitative estimate of drug-likeness (QED) is 0.837. The summed E-state index contributed by atoms with van der Waals surface area (Å²) in [7, 11) is 0. The fourth-order valence-electron chi connectivity index (χ4n) is 3.55. The first kappa shape index (κ1) is 18.9. The Morgan fingerprint density at radius 1 is 1.19 bits per heavy atom. The third-order valence-corrected chi connectivity index (χ3v) is 5.86. The molecule has 0 radical (unpaired) electrons. The molecule has 4 nitrogen and oxygen atoms in total. The van der Waals surface area contributed by atoms with E-state index in [1.807, 2.05) is 19.1 Å². The summed E-state index contributed by atoms with van der Waals surface area (Å²) in [6.45, 7) is 7.57. The predicted molar refractivity (Wildman–Crippen MR) is 105 cm³/mol. The Morgan fingerprint density at radius 3 is 2.46 bits per heavy atom. The summed E-state index contributed by atoms with van der Waals surface area (Å²) >= 11 is 1.74. The molecule has 1 N–H and O–H groups in total. The maximum absolute atomic E-state index is 13.1. The Hall–Kier alpha value is -1.92. The molecule has 1 aliphatic heterocycles. The van der Waals surface area contributed by atoms with Crippen molar-refractivity contribution in [3.05, 3.63) is 52.5 Å². The SMILES string of the molecule is CCC(=O)N[C@@H](C)[C@H](c1cccs1)N1CCN(c2ccc(F)cc2)CC1. The molecule has 0 saturated carbocycles. The highest BCUT2D eigenvalue weighted by Gasteiger charge is 2.30. The number of rotatable bonds is 6. The summed E-state index contributed by atoms with van der Waals surface area (Å²) in [5.41, 5.74) is 1.06. The van der Waals surface area contributed by atoms with Crippen molar-refractivity contribution in [3.63, 3.8) is 0 Å². The van der Waals surface area contributed by atoms with E-state index in [0.717, 1.165) is 31.9 Å². The molecule has 26 heavy (non-hydrogen) atoms. The molecule has 2 aromatic rings. The lowest BCUT2D eigenvalue weighted by atomic mass is 10.0. The topological polar surface area (TPSA) is 35.6 Å². The third-order valence-electron chi connectivity index (χ3n) is 4.92. The van der Waals surface area contributed by atoms with Gasteiger partial charge in [0, 0.05) is 49.2 Å². The number of amides is 1. The second-order valence-corrected chi connectivity index (χ2v) is 7.65. The van der Waals surface area contributed by atoms with Gasteiger partial charge >= 0.3 is 0 Å². The summed E-state index contributed by atoms with van der Waals surface area (Å²) in [5, 5.41) is 5.22. The van der Waals surface area contributed by atoms with E-state index in [9.17, 15) is 9.18 Å². The van der Waals surface area contributed by atoms with Crippen LogP contribution in [0, 0.1) is 5.82 Å². The Labute approximate surface area is 158 Å². The highest BCUT2D eigenvalue weighted by Crippen LogP contribution is 2.30. The van der Waals surface area contributed by atoms with Crippen LogP contribution in [0.4, 0.5) is 10.1 Å². The van der Waals surface area contributed by atoms with E-state index in [2.05, 4.69) is 39.6 Å². The summed E-state index contributed by atoms with van der Waals surface area (Å²) in [5.74, 6) is -0.116. The minimum absolute atomic E-state index is 0.0541. The predicted octanol–water partition coefficient (Wildman–Crippen LogP) is 3.67. The normalized spacial score (nSPS) is 17.7. The van der Waals surface area contributed by atoms with Crippen molar-refractivity contribution in [1.82, 2.24) is 10.2 Å². The van der Waals surface area contributed by atoms with Crippen LogP contribution >= 0.6 is 11.3 Å². The molecule has 140 valence electrons. The molecular weight excluding hydrogens is 349 g/mol. The zero-order valence-corrected chi connectivity index (χ0v) is 16.1. The lowest BCUT2D eigenvalue weighted by Gasteiger charge is -2.42. The van der Waals surface area contributed by atoms with Crippen LogP contribution in [0.15, 0.2) is 41.8 Å². The molecular formula is C20H26FN3OS. The molecule has 2 heterocycles. The van der Waals surface area contributed by atoms with Gasteiger partial charge in [0.05, 0.1) is 6.04 Å². The number of carbonyl (C=O) groups is 1. The minimum atomic E-state index is -0.203. The zero-order valence-electron chi connectivity index (χ0n) is 15.3. The maximum atomic E-state index is 13.1. The fourth-order valence-corrected chi connectivity index (χ4v) is 4.51. The highest BCUT2D eigenvalue weighted by molar-refractivity contribution is 7.10. The summed E-state index contributed by atoms with van der Waals surface area (Å²) in [6, 6.07) is 11.2. The van der Waals surface area contributed by atoms with Crippen molar-refractivity contribution in [2.75, 3.05) is 31.1 Å². The second-order valence-electron chi connectivity index (χ2n) is 6.67. The first-order chi connectivity index (χ1) is 12.6. The molecule has 6 heteroatoms. The van der Waals surface area contributed by atoms with Gasteiger partial charge in [-0.15, -0.1) is 11.3 Å².